The van der Waals surface area contributed by atoms with Gasteiger partial charge >= 0.3 is 11.9 Å². The van der Waals surface area contributed by atoms with Gasteiger partial charge in [-0.2, -0.15) is 13.5 Å². The number of phenols is 1. The van der Waals surface area contributed by atoms with E-state index < -0.39 is 50.7 Å². The van der Waals surface area contributed by atoms with Crippen molar-refractivity contribution in [3.8, 4) is 17.4 Å². The quantitative estimate of drug-likeness (QED) is 0.0464. The second-order valence-corrected chi connectivity index (χ2v) is 16.3. The van der Waals surface area contributed by atoms with Crippen LogP contribution in [0, 0.1) is 13.8 Å². The number of carbonyl (C=O) groups is 3. The van der Waals surface area contributed by atoms with Crippen LogP contribution in [-0.2, 0) is 14.9 Å². The number of pyridine rings is 1. The number of aromatic nitrogens is 3. The van der Waals surface area contributed by atoms with E-state index in [1.165, 1.54) is 53.8 Å². The van der Waals surface area contributed by atoms with E-state index in [1.807, 2.05) is 0 Å². The van der Waals surface area contributed by atoms with Crippen LogP contribution in [0.5, 0.6) is 17.4 Å². The number of benzene rings is 5. The first-order valence-electron chi connectivity index (χ1n) is 18.6. The molecule has 8 aromatic rings. The zero-order valence-corrected chi connectivity index (χ0v) is 34.7. The minimum Gasteiger partial charge on any atom is -0.505 e. The van der Waals surface area contributed by atoms with E-state index in [9.17, 15) is 47.8 Å². The maximum atomic E-state index is 12.8. The third kappa shape index (κ3) is 8.11. The normalized spacial score (nSPS) is 12.2. The average molecular weight is 903 g/mol. The lowest BCUT2D eigenvalue weighted by Gasteiger charge is -2.12. The summed E-state index contributed by atoms with van der Waals surface area (Å²) < 4.78 is 43.4. The molecule has 0 spiro atoms. The fourth-order valence-corrected chi connectivity index (χ4v) is 8.17. The van der Waals surface area contributed by atoms with Crippen LogP contribution in [0.15, 0.2) is 114 Å². The number of aliphatic carboxylic acids is 1. The number of carbonyl (C=O) groups excluding carboxylic acids is 1. The molecule has 0 radical (unpaired) electrons. The summed E-state index contributed by atoms with van der Waals surface area (Å²) in [6.45, 7) is 2.83. The summed E-state index contributed by atoms with van der Waals surface area (Å²) in [6, 6.07) is 19.2. The molecule has 3 heterocycles. The van der Waals surface area contributed by atoms with Gasteiger partial charge in [-0.3, -0.25) is 18.5 Å². The van der Waals surface area contributed by atoms with Crippen LogP contribution < -0.4 is 10.5 Å². The van der Waals surface area contributed by atoms with E-state index in [4.69, 9.17) is 10.5 Å². The third-order valence-electron chi connectivity index (χ3n) is 9.74. The van der Waals surface area contributed by atoms with Crippen LogP contribution in [0.2, 0.25) is 0 Å². The van der Waals surface area contributed by atoms with E-state index in [0.29, 0.717) is 26.8 Å². The highest BCUT2D eigenvalue weighted by Crippen LogP contribution is 2.45. The second kappa shape index (κ2) is 16.5. The van der Waals surface area contributed by atoms with E-state index in [1.54, 1.807) is 37.3 Å². The summed E-state index contributed by atoms with van der Waals surface area (Å²) in [5.74, 6) is -4.21. The van der Waals surface area contributed by atoms with Gasteiger partial charge in [0.15, 0.2) is 11.4 Å². The number of imidazole rings is 1. The molecule has 0 fully saturated rings. The Kier molecular flexibility index (Phi) is 11.0. The zero-order chi connectivity index (χ0) is 45.6. The first-order valence-corrected chi connectivity index (χ1v) is 20.8. The van der Waals surface area contributed by atoms with Crippen molar-refractivity contribution in [1.29, 1.82) is 0 Å². The van der Waals surface area contributed by atoms with Gasteiger partial charge in [0.05, 0.1) is 56.8 Å². The zero-order valence-electron chi connectivity index (χ0n) is 33.0. The molecule has 7 N–H and O–H groups in total. The highest BCUT2D eigenvalue weighted by molar-refractivity contribution is 7.86. The number of rotatable bonds is 13. The standard InChI is InChI=1S/C41H30N10O11S2/c1-18-13-27(29(62-12-11-32(52)53)17-26(18)46-50-41-44-25-10-7-20(40(57)58)15-30(25)63-41)47-49-35-31(64(59,60)61)16-21-14-22(8-9-23(21)36(35)54)45-48-34-19(2)33(37(42)55)38-43-24-5-3-4-6-28(24)51(38)39(34)56/h3-10,13-17,54,56H,11-12H2,1-2H3,(H2,42,55)(H,52,53)(H,57,58)(H,59,60,61). The molecule has 0 aliphatic rings. The number of primary amides is 1. The first kappa shape index (κ1) is 42.4. The van der Waals surface area contributed by atoms with Crippen molar-refractivity contribution in [2.45, 2.75) is 25.2 Å². The van der Waals surface area contributed by atoms with Crippen molar-refractivity contribution in [2.24, 2.45) is 36.4 Å². The number of hydrogen-bond donors (Lipinski definition) is 6. The van der Waals surface area contributed by atoms with Gasteiger partial charge in [-0.25, -0.2) is 14.8 Å². The van der Waals surface area contributed by atoms with Gasteiger partial charge in [-0.1, -0.05) is 23.5 Å². The van der Waals surface area contributed by atoms with Gasteiger partial charge in [-0.15, -0.1) is 25.6 Å². The summed E-state index contributed by atoms with van der Waals surface area (Å²) in [6.07, 6.45) is -0.405. The van der Waals surface area contributed by atoms with E-state index >= 15 is 0 Å². The van der Waals surface area contributed by atoms with Crippen LogP contribution in [0.4, 0.5) is 33.6 Å². The molecular weight excluding hydrogens is 873 g/mol. The highest BCUT2D eigenvalue weighted by Gasteiger charge is 2.25. The minimum absolute atomic E-state index is 0.00203. The minimum atomic E-state index is -5.09. The van der Waals surface area contributed by atoms with Crippen molar-refractivity contribution < 1.29 is 52.5 Å². The number of azo groups is 3. The number of carboxylic acids is 2. The molecule has 0 atom stereocenters. The summed E-state index contributed by atoms with van der Waals surface area (Å²) in [5, 5.41) is 66.6. The Balaban J connectivity index is 1.15. The summed E-state index contributed by atoms with van der Waals surface area (Å²) in [4.78, 5) is 43.2. The van der Waals surface area contributed by atoms with E-state index in [0.717, 1.165) is 17.4 Å². The number of aromatic carboxylic acids is 1. The molecular formula is C41H30N10O11S2. The number of carboxylic acid groups (broad SMARTS) is 2. The van der Waals surface area contributed by atoms with Gasteiger partial charge in [-0.05, 0) is 91.0 Å². The number of phenolic OH excluding ortho intramolecular Hbond substituents is 1. The molecule has 1 amide bonds. The Hall–Kier alpha value is -8.28. The molecule has 0 aliphatic heterocycles. The molecule has 0 unspecified atom stereocenters. The van der Waals surface area contributed by atoms with Gasteiger partial charge in [0.25, 0.3) is 16.0 Å². The molecule has 0 saturated carbocycles. The molecule has 0 bridgehead atoms. The Morgan fingerprint density at radius 1 is 0.828 bits per heavy atom. The van der Waals surface area contributed by atoms with Crippen LogP contribution in [0.25, 0.3) is 37.7 Å². The van der Waals surface area contributed by atoms with Crippen LogP contribution >= 0.6 is 11.3 Å². The average Bonchev–Trinajstić information content (AvgIpc) is 3.83. The number of aryl methyl sites for hydroxylation is 1. The fraction of sp³-hybridized carbons (Fsp3) is 0.0976. The maximum Gasteiger partial charge on any atom is 0.335 e. The van der Waals surface area contributed by atoms with Gasteiger partial charge < -0.3 is 30.9 Å². The van der Waals surface area contributed by atoms with Gasteiger partial charge in [0.1, 0.15) is 27.7 Å². The first-order chi connectivity index (χ1) is 30.5. The van der Waals surface area contributed by atoms with E-state index in [-0.39, 0.29) is 79.2 Å². The summed E-state index contributed by atoms with van der Waals surface area (Å²) in [5.41, 5.74) is 7.56. The second-order valence-electron chi connectivity index (χ2n) is 13.9. The van der Waals surface area contributed by atoms with Crippen LogP contribution in [-0.4, -0.2) is 72.2 Å². The molecule has 3 aromatic heterocycles. The predicted octanol–water partition coefficient (Wildman–Crippen LogP) is 9.42. The van der Waals surface area contributed by atoms with Crippen molar-refractivity contribution in [1.82, 2.24) is 14.4 Å². The molecule has 8 rings (SSSR count). The molecule has 64 heavy (non-hydrogen) atoms. The number of amides is 1. The topological polar surface area (TPSA) is 326 Å². The van der Waals surface area contributed by atoms with Gasteiger partial charge in [0.2, 0.25) is 11.0 Å². The number of thiazole rings is 1. The Morgan fingerprint density at radius 3 is 2.31 bits per heavy atom. The van der Waals surface area contributed by atoms with Crippen molar-refractivity contribution >= 4 is 111 Å². The van der Waals surface area contributed by atoms with Crippen LogP contribution in [0.3, 0.4) is 0 Å². The lowest BCUT2D eigenvalue weighted by molar-refractivity contribution is -0.137. The number of ether oxygens (including phenoxy) is 1. The van der Waals surface area contributed by atoms with Crippen molar-refractivity contribution in [2.75, 3.05) is 6.61 Å². The highest BCUT2D eigenvalue weighted by atomic mass is 32.2. The summed E-state index contributed by atoms with van der Waals surface area (Å²) in [7, 11) is -5.09. The van der Waals surface area contributed by atoms with Crippen LogP contribution in [0.1, 0.15) is 38.3 Å². The Labute approximate surface area is 362 Å². The maximum absolute atomic E-state index is 12.8. The molecule has 322 valence electrons. The largest absolute Gasteiger partial charge is 0.505 e. The van der Waals surface area contributed by atoms with Crippen molar-refractivity contribution in [3.63, 3.8) is 0 Å². The number of nitrogens with two attached hydrogens (primary N) is 1. The molecule has 21 nitrogen and oxygen atoms in total. The molecule has 0 saturated heterocycles. The molecule has 5 aromatic carbocycles. The predicted molar refractivity (Wildman–Crippen MR) is 231 cm³/mol. The number of para-hydroxylation sites is 2. The van der Waals surface area contributed by atoms with Gasteiger partial charge in [0, 0.05) is 11.5 Å². The molecule has 23 heteroatoms. The lowest BCUT2D eigenvalue weighted by atomic mass is 10.1. The van der Waals surface area contributed by atoms with Crippen molar-refractivity contribution in [3.05, 3.63) is 101 Å². The lowest BCUT2D eigenvalue weighted by Crippen LogP contribution is -2.15. The van der Waals surface area contributed by atoms with E-state index in [2.05, 4.69) is 40.7 Å². The smallest absolute Gasteiger partial charge is 0.335 e. The number of fused-ring (bicyclic) bond motifs is 5. The number of aromatic hydroxyl groups is 2. The number of hydrogen-bond acceptors (Lipinski definition) is 17. The SMILES string of the molecule is Cc1cc(N=Nc2c(S(=O)(=O)O)cc3cc(N=Nc4c(C)c(C(N)=O)c5nc6ccccc6n5c4O)ccc3c2O)c(OCCC(=O)O)cc1N=Nc1nc2ccc(C(=O)O)cc2s1. The fourth-order valence-electron chi connectivity index (χ4n) is 6.69. The molecule has 0 aliphatic carbocycles. The Bertz CT molecular complexity index is 3510. The number of nitrogens with zero attached hydrogens (tertiary/aromatic N) is 9. The third-order valence-corrected chi connectivity index (χ3v) is 11.5. The Morgan fingerprint density at radius 2 is 1.58 bits per heavy atom. The summed E-state index contributed by atoms with van der Waals surface area (Å²) >= 11 is 1.10. The monoisotopic (exact) mass is 902 g/mol.